The molecule has 0 radical (unpaired) electrons. The predicted molar refractivity (Wildman–Crippen MR) is 113 cm³/mol. The Kier molecular flexibility index (Phi) is 6.71. The van der Waals surface area contributed by atoms with E-state index in [9.17, 15) is 19.2 Å². The summed E-state index contributed by atoms with van der Waals surface area (Å²) in [5.74, 6) is -0.196. The van der Waals surface area contributed by atoms with Gasteiger partial charge < -0.3 is 20.4 Å². The molecule has 0 aromatic carbocycles. The lowest BCUT2D eigenvalue weighted by Gasteiger charge is -2.42. The first-order valence-corrected chi connectivity index (χ1v) is 10.9. The Morgan fingerprint density at radius 1 is 1.23 bits per heavy atom. The van der Waals surface area contributed by atoms with Crippen molar-refractivity contribution >= 4 is 23.8 Å². The van der Waals surface area contributed by atoms with Crippen LogP contribution >= 0.6 is 0 Å². The minimum atomic E-state index is -0.905. The van der Waals surface area contributed by atoms with Gasteiger partial charge in [-0.15, -0.1) is 0 Å². The molecule has 1 spiro atoms. The van der Waals surface area contributed by atoms with Crippen molar-refractivity contribution in [3.8, 4) is 0 Å². The summed E-state index contributed by atoms with van der Waals surface area (Å²) in [6, 6.07) is 2.89. The Hall–Kier alpha value is -2.84. The van der Waals surface area contributed by atoms with E-state index in [1.807, 2.05) is 0 Å². The van der Waals surface area contributed by atoms with Crippen LogP contribution in [0.15, 0.2) is 22.8 Å². The Balaban J connectivity index is 1.47. The van der Waals surface area contributed by atoms with Gasteiger partial charge in [-0.25, -0.2) is 4.79 Å². The molecule has 3 N–H and O–H groups in total. The Morgan fingerprint density at radius 2 is 1.94 bits per heavy atom. The second-order valence-electron chi connectivity index (χ2n) is 9.15. The lowest BCUT2D eigenvalue weighted by Crippen LogP contribution is -2.51. The first-order chi connectivity index (χ1) is 14.7. The third-order valence-corrected chi connectivity index (χ3v) is 6.89. The highest BCUT2D eigenvalue weighted by Crippen LogP contribution is 2.45. The first-order valence-electron chi connectivity index (χ1n) is 10.9. The molecular formula is C22H32N4O5. The van der Waals surface area contributed by atoms with Crippen molar-refractivity contribution in [3.05, 3.63) is 24.2 Å². The number of imide groups is 1. The number of rotatable bonds is 8. The Morgan fingerprint density at radius 3 is 2.55 bits per heavy atom. The summed E-state index contributed by atoms with van der Waals surface area (Å²) in [5.41, 5.74) is -0.706. The second kappa shape index (κ2) is 9.11. The van der Waals surface area contributed by atoms with Gasteiger partial charge in [0.05, 0.1) is 19.4 Å². The van der Waals surface area contributed by atoms with Crippen molar-refractivity contribution in [2.45, 2.75) is 65.0 Å². The van der Waals surface area contributed by atoms with E-state index in [1.165, 1.54) is 6.26 Å². The highest BCUT2D eigenvalue weighted by molar-refractivity contribution is 6.09. The fraction of sp³-hybridized carbons (Fsp3) is 0.636. The summed E-state index contributed by atoms with van der Waals surface area (Å²) < 4.78 is 5.12. The number of hydrogen-bond acceptors (Lipinski definition) is 5. The molecule has 0 bridgehead atoms. The van der Waals surface area contributed by atoms with E-state index < -0.39 is 29.9 Å². The van der Waals surface area contributed by atoms with Gasteiger partial charge >= 0.3 is 6.03 Å². The molecule has 9 heteroatoms. The van der Waals surface area contributed by atoms with Crippen LogP contribution in [0.2, 0.25) is 0 Å². The molecule has 31 heavy (non-hydrogen) atoms. The maximum absolute atomic E-state index is 13.0. The van der Waals surface area contributed by atoms with E-state index in [-0.39, 0.29) is 24.4 Å². The van der Waals surface area contributed by atoms with Crippen LogP contribution < -0.4 is 16.0 Å². The molecule has 9 nitrogen and oxygen atoms in total. The van der Waals surface area contributed by atoms with Gasteiger partial charge in [-0.05, 0) is 49.1 Å². The smallest absolute Gasteiger partial charge is 0.325 e. The van der Waals surface area contributed by atoms with Crippen molar-refractivity contribution in [2.75, 3.05) is 13.1 Å². The van der Waals surface area contributed by atoms with Gasteiger partial charge in [0.1, 0.15) is 17.8 Å². The molecule has 5 amide bonds. The number of amides is 5. The van der Waals surface area contributed by atoms with Gasteiger partial charge in [-0.2, -0.15) is 0 Å². The van der Waals surface area contributed by atoms with E-state index in [0.717, 1.165) is 24.2 Å². The van der Waals surface area contributed by atoms with E-state index in [0.29, 0.717) is 24.5 Å². The molecule has 1 aromatic rings. The van der Waals surface area contributed by atoms with Crippen LogP contribution in [0.4, 0.5) is 4.79 Å². The van der Waals surface area contributed by atoms with E-state index in [2.05, 4.69) is 36.7 Å². The lowest BCUT2D eigenvalue weighted by molar-refractivity contribution is -0.136. The van der Waals surface area contributed by atoms with Crippen LogP contribution in [0.1, 0.15) is 58.6 Å². The minimum Gasteiger partial charge on any atom is -0.467 e. The van der Waals surface area contributed by atoms with E-state index >= 15 is 0 Å². The SMILES string of the molecule is CCC(C)(C)C1CCC2(CC1)NC(=O)N(CC(=O)NCC(=O)NCc1ccco1)C2=O. The summed E-state index contributed by atoms with van der Waals surface area (Å²) in [6.07, 6.45) is 5.46. The summed E-state index contributed by atoms with van der Waals surface area (Å²) in [4.78, 5) is 50.5. The molecule has 1 saturated heterocycles. The Bertz CT molecular complexity index is 825. The van der Waals surface area contributed by atoms with Crippen LogP contribution in [0.25, 0.3) is 0 Å². The number of furan rings is 1. The fourth-order valence-corrected chi connectivity index (χ4v) is 4.38. The molecule has 0 unspecified atom stereocenters. The monoisotopic (exact) mass is 432 g/mol. The highest BCUT2D eigenvalue weighted by Gasteiger charge is 2.53. The zero-order valence-electron chi connectivity index (χ0n) is 18.5. The average molecular weight is 433 g/mol. The van der Waals surface area contributed by atoms with Crippen molar-refractivity contribution in [1.82, 2.24) is 20.9 Å². The maximum Gasteiger partial charge on any atom is 0.325 e. The van der Waals surface area contributed by atoms with Gasteiger partial charge in [0.15, 0.2) is 0 Å². The number of nitrogens with zero attached hydrogens (tertiary/aromatic N) is 1. The number of nitrogens with one attached hydrogen (secondary N) is 3. The molecule has 3 rings (SSSR count). The number of hydrogen-bond donors (Lipinski definition) is 3. The van der Waals surface area contributed by atoms with Crippen LogP contribution in [-0.2, 0) is 20.9 Å². The third-order valence-electron chi connectivity index (χ3n) is 6.89. The quantitative estimate of drug-likeness (QED) is 0.542. The maximum atomic E-state index is 13.0. The second-order valence-corrected chi connectivity index (χ2v) is 9.15. The summed E-state index contributed by atoms with van der Waals surface area (Å²) in [6.45, 7) is 6.22. The normalized spacial score (nSPS) is 23.7. The summed E-state index contributed by atoms with van der Waals surface area (Å²) in [7, 11) is 0. The number of urea groups is 1. The summed E-state index contributed by atoms with van der Waals surface area (Å²) >= 11 is 0. The van der Waals surface area contributed by atoms with Crippen molar-refractivity contribution in [2.24, 2.45) is 11.3 Å². The van der Waals surface area contributed by atoms with E-state index in [4.69, 9.17) is 4.42 Å². The minimum absolute atomic E-state index is 0.199. The van der Waals surface area contributed by atoms with Crippen LogP contribution in [0, 0.1) is 11.3 Å². The van der Waals surface area contributed by atoms with Gasteiger partial charge in [-0.3, -0.25) is 19.3 Å². The molecule has 2 aliphatic rings. The molecule has 2 fully saturated rings. The molecule has 2 heterocycles. The fourth-order valence-electron chi connectivity index (χ4n) is 4.38. The largest absolute Gasteiger partial charge is 0.467 e. The van der Waals surface area contributed by atoms with Gasteiger partial charge in [0, 0.05) is 0 Å². The standard InChI is InChI=1S/C22H32N4O5/c1-4-21(2,3)15-7-9-22(10-8-15)19(29)26(20(30)25-22)14-18(28)24-13-17(27)23-12-16-6-5-11-31-16/h5-6,11,15H,4,7-10,12-14H2,1-3H3,(H,23,27)(H,24,28)(H,25,30). The average Bonchev–Trinajstić information content (AvgIpc) is 3.34. The van der Waals surface area contributed by atoms with Crippen LogP contribution in [0.3, 0.4) is 0 Å². The van der Waals surface area contributed by atoms with Crippen molar-refractivity contribution in [1.29, 1.82) is 0 Å². The number of carbonyl (C=O) groups is 4. The molecule has 1 aromatic heterocycles. The molecular weight excluding hydrogens is 400 g/mol. The third kappa shape index (κ3) is 5.08. The highest BCUT2D eigenvalue weighted by atomic mass is 16.3. The number of carbonyl (C=O) groups excluding carboxylic acids is 4. The Labute approximate surface area is 182 Å². The topological polar surface area (TPSA) is 121 Å². The molecule has 1 aliphatic carbocycles. The van der Waals surface area contributed by atoms with Crippen LogP contribution in [-0.4, -0.2) is 47.3 Å². The first kappa shape index (κ1) is 22.8. The van der Waals surface area contributed by atoms with Crippen molar-refractivity contribution < 1.29 is 23.6 Å². The molecule has 170 valence electrons. The van der Waals surface area contributed by atoms with Crippen molar-refractivity contribution in [3.63, 3.8) is 0 Å². The van der Waals surface area contributed by atoms with Gasteiger partial charge in [0.2, 0.25) is 11.8 Å². The predicted octanol–water partition coefficient (Wildman–Crippen LogP) is 1.93. The zero-order valence-corrected chi connectivity index (χ0v) is 18.5. The van der Waals surface area contributed by atoms with Gasteiger partial charge in [-0.1, -0.05) is 27.2 Å². The molecule has 1 aliphatic heterocycles. The molecule has 0 atom stereocenters. The molecule has 1 saturated carbocycles. The zero-order chi connectivity index (χ0) is 22.6. The van der Waals surface area contributed by atoms with Gasteiger partial charge in [0.25, 0.3) is 5.91 Å². The summed E-state index contributed by atoms with van der Waals surface area (Å²) in [5, 5.41) is 7.90. The van der Waals surface area contributed by atoms with E-state index in [1.54, 1.807) is 12.1 Å². The lowest BCUT2D eigenvalue weighted by atomic mass is 9.65. The van der Waals surface area contributed by atoms with Crippen LogP contribution in [0.5, 0.6) is 0 Å².